The number of nitrogens with one attached hydrogen (secondary N) is 1. The summed E-state index contributed by atoms with van der Waals surface area (Å²) in [6.07, 6.45) is 1.10. The number of carbonyl (C=O) groups is 2. The van der Waals surface area contributed by atoms with Crippen LogP contribution in [0, 0.1) is 0 Å². The Morgan fingerprint density at radius 1 is 1.44 bits per heavy atom. The van der Waals surface area contributed by atoms with Crippen LogP contribution in [0.2, 0.25) is 0 Å². The Morgan fingerprint density at radius 3 is 2.56 bits per heavy atom. The minimum atomic E-state index is -3.62. The SMILES string of the molecule is O=C1CN(S(=O)(=O)C2CC2)C(C(=O)O)CN1. The molecule has 1 amide bonds. The van der Waals surface area contributed by atoms with Crippen LogP contribution >= 0.6 is 0 Å². The van der Waals surface area contributed by atoms with Crippen molar-refractivity contribution in [1.29, 1.82) is 0 Å². The first kappa shape index (κ1) is 11.3. The second-order valence-corrected chi connectivity index (χ2v) is 6.11. The molecule has 8 heteroatoms. The summed E-state index contributed by atoms with van der Waals surface area (Å²) < 4.78 is 24.6. The number of aliphatic carboxylic acids is 1. The van der Waals surface area contributed by atoms with E-state index in [0.29, 0.717) is 12.8 Å². The highest BCUT2D eigenvalue weighted by Crippen LogP contribution is 2.32. The van der Waals surface area contributed by atoms with Gasteiger partial charge in [0.1, 0.15) is 6.04 Å². The van der Waals surface area contributed by atoms with Crippen molar-refractivity contribution in [3.8, 4) is 0 Å². The molecule has 2 N–H and O–H groups in total. The lowest BCUT2D eigenvalue weighted by molar-refractivity contribution is -0.143. The molecule has 0 aromatic rings. The number of carboxylic acids is 1. The topological polar surface area (TPSA) is 104 Å². The summed E-state index contributed by atoms with van der Waals surface area (Å²) in [6, 6.07) is -1.18. The van der Waals surface area contributed by atoms with Crippen LogP contribution < -0.4 is 5.32 Å². The van der Waals surface area contributed by atoms with Crippen LogP contribution in [0.25, 0.3) is 0 Å². The van der Waals surface area contributed by atoms with Crippen molar-refractivity contribution in [2.24, 2.45) is 0 Å². The number of amides is 1. The fourth-order valence-corrected chi connectivity index (χ4v) is 3.59. The molecule has 2 aliphatic rings. The van der Waals surface area contributed by atoms with Crippen molar-refractivity contribution < 1.29 is 23.1 Å². The fourth-order valence-electron chi connectivity index (χ4n) is 1.66. The van der Waals surface area contributed by atoms with Crippen molar-refractivity contribution in [2.45, 2.75) is 24.1 Å². The zero-order chi connectivity index (χ0) is 11.9. The highest BCUT2D eigenvalue weighted by Gasteiger charge is 2.47. The summed E-state index contributed by atoms with van der Waals surface area (Å²) in [5, 5.41) is 10.8. The van der Waals surface area contributed by atoms with E-state index in [0.717, 1.165) is 4.31 Å². The predicted octanol–water partition coefficient (Wildman–Crippen LogP) is -1.64. The highest BCUT2D eigenvalue weighted by atomic mass is 32.2. The summed E-state index contributed by atoms with van der Waals surface area (Å²) in [5.41, 5.74) is 0. The molecule has 1 saturated carbocycles. The number of piperazine rings is 1. The molecule has 0 aromatic carbocycles. The molecular formula is C8H12N2O5S. The summed E-state index contributed by atoms with van der Waals surface area (Å²) in [4.78, 5) is 22.0. The van der Waals surface area contributed by atoms with Crippen LogP contribution in [-0.4, -0.2) is 54.1 Å². The third-order valence-corrected chi connectivity index (χ3v) is 5.05. The first-order valence-corrected chi connectivity index (χ1v) is 6.43. The highest BCUT2D eigenvalue weighted by molar-refractivity contribution is 7.90. The van der Waals surface area contributed by atoms with Crippen LogP contribution in [0.4, 0.5) is 0 Å². The van der Waals surface area contributed by atoms with Gasteiger partial charge in [-0.2, -0.15) is 4.31 Å². The van der Waals surface area contributed by atoms with Crippen LogP contribution in [0.5, 0.6) is 0 Å². The van der Waals surface area contributed by atoms with Gasteiger partial charge in [-0.25, -0.2) is 8.42 Å². The molecule has 1 aliphatic heterocycles. The van der Waals surface area contributed by atoms with E-state index in [9.17, 15) is 18.0 Å². The van der Waals surface area contributed by atoms with Gasteiger partial charge in [-0.3, -0.25) is 9.59 Å². The summed E-state index contributed by atoms with van der Waals surface area (Å²) in [5.74, 6) is -1.69. The monoisotopic (exact) mass is 248 g/mol. The number of carbonyl (C=O) groups excluding carboxylic acids is 1. The zero-order valence-electron chi connectivity index (χ0n) is 8.42. The van der Waals surface area contributed by atoms with Crippen molar-refractivity contribution >= 4 is 21.9 Å². The molecule has 1 saturated heterocycles. The van der Waals surface area contributed by atoms with Gasteiger partial charge in [-0.05, 0) is 12.8 Å². The van der Waals surface area contributed by atoms with Gasteiger partial charge in [-0.15, -0.1) is 0 Å². The lowest BCUT2D eigenvalue weighted by Gasteiger charge is -2.31. The average Bonchev–Trinajstić information content (AvgIpc) is 3.00. The fraction of sp³-hybridized carbons (Fsp3) is 0.750. The third-order valence-electron chi connectivity index (χ3n) is 2.70. The van der Waals surface area contributed by atoms with Gasteiger partial charge in [0.05, 0.1) is 11.8 Å². The van der Waals surface area contributed by atoms with Gasteiger partial charge in [-0.1, -0.05) is 0 Å². The first-order chi connectivity index (χ1) is 7.43. The van der Waals surface area contributed by atoms with E-state index < -0.39 is 39.7 Å². The molecule has 1 heterocycles. The van der Waals surface area contributed by atoms with Gasteiger partial charge in [0, 0.05) is 6.54 Å². The second kappa shape index (κ2) is 3.70. The number of hydrogen-bond acceptors (Lipinski definition) is 4. The molecule has 0 bridgehead atoms. The van der Waals surface area contributed by atoms with Gasteiger partial charge in [0.2, 0.25) is 15.9 Å². The molecule has 1 unspecified atom stereocenters. The van der Waals surface area contributed by atoms with Crippen molar-refractivity contribution in [3.05, 3.63) is 0 Å². The van der Waals surface area contributed by atoms with Gasteiger partial charge in [0.25, 0.3) is 0 Å². The number of hydrogen-bond donors (Lipinski definition) is 2. The second-order valence-electron chi connectivity index (χ2n) is 3.95. The normalized spacial score (nSPS) is 27.5. The Kier molecular flexibility index (Phi) is 2.62. The summed E-state index contributed by atoms with van der Waals surface area (Å²) in [6.45, 7) is -0.560. The maximum absolute atomic E-state index is 11.9. The van der Waals surface area contributed by atoms with Crippen molar-refractivity contribution in [3.63, 3.8) is 0 Å². The van der Waals surface area contributed by atoms with Crippen LogP contribution in [0.3, 0.4) is 0 Å². The summed E-state index contributed by atoms with van der Waals surface area (Å²) in [7, 11) is -3.62. The number of nitrogens with zero attached hydrogens (tertiary/aromatic N) is 1. The van der Waals surface area contributed by atoms with Gasteiger partial charge in [0.15, 0.2) is 0 Å². The molecule has 2 fully saturated rings. The molecular weight excluding hydrogens is 236 g/mol. The zero-order valence-corrected chi connectivity index (χ0v) is 9.24. The van der Waals surface area contributed by atoms with Gasteiger partial charge < -0.3 is 10.4 Å². The molecule has 0 aromatic heterocycles. The Bertz CT molecular complexity index is 428. The van der Waals surface area contributed by atoms with E-state index in [1.807, 2.05) is 0 Å². The molecule has 2 rings (SSSR count). The van der Waals surface area contributed by atoms with Gasteiger partial charge >= 0.3 is 5.97 Å². The van der Waals surface area contributed by atoms with E-state index in [2.05, 4.69) is 5.32 Å². The molecule has 0 radical (unpaired) electrons. The quantitative estimate of drug-likeness (QED) is 0.623. The standard InChI is InChI=1S/C8H12N2O5S/c11-7-4-10(6(3-9-7)8(12)13)16(14,15)5-1-2-5/h5-6H,1-4H2,(H,9,11)(H,12,13). The van der Waals surface area contributed by atoms with Crippen LogP contribution in [0.15, 0.2) is 0 Å². The minimum Gasteiger partial charge on any atom is -0.480 e. The third kappa shape index (κ3) is 1.90. The van der Waals surface area contributed by atoms with Crippen LogP contribution in [-0.2, 0) is 19.6 Å². The lowest BCUT2D eigenvalue weighted by Crippen LogP contribution is -2.59. The molecule has 16 heavy (non-hydrogen) atoms. The first-order valence-electron chi connectivity index (χ1n) is 4.93. The van der Waals surface area contributed by atoms with E-state index >= 15 is 0 Å². The van der Waals surface area contributed by atoms with E-state index in [-0.39, 0.29) is 6.54 Å². The Labute approximate surface area is 92.5 Å². The largest absolute Gasteiger partial charge is 0.480 e. The van der Waals surface area contributed by atoms with E-state index in [1.54, 1.807) is 0 Å². The lowest BCUT2D eigenvalue weighted by atomic mass is 10.2. The minimum absolute atomic E-state index is 0.167. The number of sulfonamides is 1. The van der Waals surface area contributed by atoms with E-state index in [4.69, 9.17) is 5.11 Å². The average molecular weight is 248 g/mol. The molecule has 1 aliphatic carbocycles. The molecule has 1 atom stereocenters. The molecule has 0 spiro atoms. The number of carboxylic acid groups (broad SMARTS) is 1. The van der Waals surface area contributed by atoms with Crippen molar-refractivity contribution in [1.82, 2.24) is 9.62 Å². The van der Waals surface area contributed by atoms with Crippen LogP contribution in [0.1, 0.15) is 12.8 Å². The molecule has 90 valence electrons. The molecule has 7 nitrogen and oxygen atoms in total. The predicted molar refractivity (Wildman–Crippen MR) is 53.1 cm³/mol. The van der Waals surface area contributed by atoms with Crippen molar-refractivity contribution in [2.75, 3.05) is 13.1 Å². The summed E-state index contributed by atoms with van der Waals surface area (Å²) >= 11 is 0. The Hall–Kier alpha value is -1.15. The Balaban J connectivity index is 2.26. The van der Waals surface area contributed by atoms with E-state index in [1.165, 1.54) is 0 Å². The number of rotatable bonds is 3. The smallest absolute Gasteiger partial charge is 0.323 e. The maximum atomic E-state index is 11.9. The maximum Gasteiger partial charge on any atom is 0.323 e. The Morgan fingerprint density at radius 2 is 2.06 bits per heavy atom.